The summed E-state index contributed by atoms with van der Waals surface area (Å²) < 4.78 is 5.61. The summed E-state index contributed by atoms with van der Waals surface area (Å²) in [6.07, 6.45) is 2.62. The van der Waals surface area contributed by atoms with Gasteiger partial charge in [-0.2, -0.15) is 0 Å². The van der Waals surface area contributed by atoms with Crippen LogP contribution in [0.1, 0.15) is 11.5 Å². The Bertz CT molecular complexity index is 445. The molecule has 0 unspecified atom stereocenters. The predicted octanol–water partition coefficient (Wildman–Crippen LogP) is 3.62. The lowest BCUT2D eigenvalue weighted by atomic mass is 10.3. The predicted molar refractivity (Wildman–Crippen MR) is 66.4 cm³/mol. The van der Waals surface area contributed by atoms with Gasteiger partial charge in [-0.15, -0.1) is 6.58 Å². The van der Waals surface area contributed by atoms with Crippen molar-refractivity contribution in [1.82, 2.24) is 0 Å². The van der Waals surface area contributed by atoms with E-state index in [4.69, 9.17) is 4.42 Å². The van der Waals surface area contributed by atoms with Gasteiger partial charge in [-0.3, -0.25) is 0 Å². The van der Waals surface area contributed by atoms with Crippen molar-refractivity contribution in [3.05, 3.63) is 66.6 Å². The molecule has 0 spiro atoms. The molecule has 0 bridgehead atoms. The number of benzene rings is 1. The molecule has 0 amide bonds. The van der Waals surface area contributed by atoms with Crippen molar-refractivity contribution in [3.8, 4) is 0 Å². The zero-order chi connectivity index (χ0) is 11.2. The highest BCUT2D eigenvalue weighted by Gasteiger charge is 2.00. The van der Waals surface area contributed by atoms with Crippen molar-refractivity contribution in [2.24, 2.45) is 0 Å². The fourth-order valence-corrected chi connectivity index (χ4v) is 1.51. The first kappa shape index (κ1) is 10.6. The summed E-state index contributed by atoms with van der Waals surface area (Å²) in [5, 5.41) is 3.30. The number of hydrogen-bond donors (Lipinski definition) is 1. The molecular weight excluding hydrogens is 198 g/mol. The molecule has 2 heteroatoms. The van der Waals surface area contributed by atoms with Gasteiger partial charge in [0.1, 0.15) is 11.5 Å². The Kier molecular flexibility index (Phi) is 3.44. The van der Waals surface area contributed by atoms with E-state index in [-0.39, 0.29) is 0 Å². The van der Waals surface area contributed by atoms with Gasteiger partial charge in [-0.25, -0.2) is 0 Å². The fraction of sp³-hybridized carbons (Fsp3) is 0.143. The van der Waals surface area contributed by atoms with E-state index in [0.29, 0.717) is 6.54 Å². The number of hydrogen-bond acceptors (Lipinski definition) is 2. The third-order valence-corrected chi connectivity index (χ3v) is 2.30. The Labute approximate surface area is 95.6 Å². The second kappa shape index (κ2) is 5.21. The molecule has 2 rings (SSSR count). The van der Waals surface area contributed by atoms with E-state index in [0.717, 1.165) is 23.6 Å². The Morgan fingerprint density at radius 3 is 2.56 bits per heavy atom. The molecular formula is C14H15NO. The van der Waals surface area contributed by atoms with Gasteiger partial charge in [0.15, 0.2) is 0 Å². The minimum absolute atomic E-state index is 0.709. The molecule has 1 heterocycles. The standard InChI is InChI=1S/C14H15NO/c1-2-6-13-9-10-14(16-13)11-15-12-7-4-3-5-8-12/h2-5,7-10,15H,1,6,11H2. The SMILES string of the molecule is C=CCc1ccc(CNc2ccccc2)o1. The van der Waals surface area contributed by atoms with Crippen LogP contribution in [0, 0.1) is 0 Å². The third kappa shape index (κ3) is 2.76. The van der Waals surface area contributed by atoms with Crippen molar-refractivity contribution in [3.63, 3.8) is 0 Å². The average molecular weight is 213 g/mol. The molecule has 0 saturated carbocycles. The number of rotatable bonds is 5. The number of furan rings is 1. The smallest absolute Gasteiger partial charge is 0.123 e. The average Bonchev–Trinajstić information content (AvgIpc) is 2.76. The van der Waals surface area contributed by atoms with Gasteiger partial charge in [-0.05, 0) is 24.3 Å². The Morgan fingerprint density at radius 1 is 1.06 bits per heavy atom. The molecule has 1 N–H and O–H groups in total. The number of anilines is 1. The highest BCUT2D eigenvalue weighted by Crippen LogP contribution is 2.12. The van der Waals surface area contributed by atoms with E-state index < -0.39 is 0 Å². The summed E-state index contributed by atoms with van der Waals surface area (Å²) >= 11 is 0. The van der Waals surface area contributed by atoms with Gasteiger partial charge in [0.25, 0.3) is 0 Å². The molecule has 1 aromatic heterocycles. The molecule has 0 radical (unpaired) electrons. The van der Waals surface area contributed by atoms with Crippen LogP contribution < -0.4 is 5.32 Å². The van der Waals surface area contributed by atoms with Crippen LogP contribution in [0.15, 0.2) is 59.5 Å². The molecule has 2 nitrogen and oxygen atoms in total. The van der Waals surface area contributed by atoms with Gasteiger partial charge in [-0.1, -0.05) is 24.3 Å². The molecule has 0 fully saturated rings. The van der Waals surface area contributed by atoms with Crippen LogP contribution in [0.5, 0.6) is 0 Å². The monoisotopic (exact) mass is 213 g/mol. The minimum atomic E-state index is 0.709. The van der Waals surface area contributed by atoms with E-state index in [1.807, 2.05) is 48.5 Å². The fourth-order valence-electron chi connectivity index (χ4n) is 1.51. The van der Waals surface area contributed by atoms with Crippen LogP contribution in [-0.4, -0.2) is 0 Å². The highest BCUT2D eigenvalue weighted by molar-refractivity contribution is 5.42. The topological polar surface area (TPSA) is 25.2 Å². The molecule has 0 aliphatic heterocycles. The zero-order valence-corrected chi connectivity index (χ0v) is 9.15. The van der Waals surface area contributed by atoms with Gasteiger partial charge < -0.3 is 9.73 Å². The molecule has 16 heavy (non-hydrogen) atoms. The first-order valence-corrected chi connectivity index (χ1v) is 5.36. The van der Waals surface area contributed by atoms with Crippen molar-refractivity contribution < 1.29 is 4.42 Å². The molecule has 1 aromatic carbocycles. The van der Waals surface area contributed by atoms with Crippen LogP contribution in [0.25, 0.3) is 0 Å². The van der Waals surface area contributed by atoms with Gasteiger partial charge in [0.05, 0.1) is 6.54 Å². The van der Waals surface area contributed by atoms with E-state index in [1.165, 1.54) is 0 Å². The van der Waals surface area contributed by atoms with Gasteiger partial charge >= 0.3 is 0 Å². The largest absolute Gasteiger partial charge is 0.464 e. The number of para-hydroxylation sites is 1. The summed E-state index contributed by atoms with van der Waals surface area (Å²) in [5.41, 5.74) is 1.10. The first-order valence-electron chi connectivity index (χ1n) is 5.36. The van der Waals surface area contributed by atoms with Gasteiger partial charge in [0.2, 0.25) is 0 Å². The Hall–Kier alpha value is -1.96. The number of nitrogens with one attached hydrogen (secondary N) is 1. The van der Waals surface area contributed by atoms with Crippen LogP contribution in [0.2, 0.25) is 0 Å². The van der Waals surface area contributed by atoms with E-state index >= 15 is 0 Å². The number of allylic oxidation sites excluding steroid dienone is 1. The second-order valence-electron chi connectivity index (χ2n) is 3.58. The lowest BCUT2D eigenvalue weighted by Gasteiger charge is -2.03. The van der Waals surface area contributed by atoms with Gasteiger partial charge in [0, 0.05) is 12.1 Å². The minimum Gasteiger partial charge on any atom is -0.464 e. The van der Waals surface area contributed by atoms with Crippen LogP contribution >= 0.6 is 0 Å². The maximum atomic E-state index is 5.61. The van der Waals surface area contributed by atoms with Crippen molar-refractivity contribution in [2.75, 3.05) is 5.32 Å². The normalized spacial score (nSPS) is 10.0. The maximum absolute atomic E-state index is 5.61. The molecule has 0 aliphatic rings. The summed E-state index contributed by atoms with van der Waals surface area (Å²) in [6.45, 7) is 4.39. The van der Waals surface area contributed by atoms with Crippen LogP contribution in [0.3, 0.4) is 0 Å². The van der Waals surface area contributed by atoms with Crippen molar-refractivity contribution in [1.29, 1.82) is 0 Å². The summed E-state index contributed by atoms with van der Waals surface area (Å²) in [6, 6.07) is 14.1. The Balaban J connectivity index is 1.92. The van der Waals surface area contributed by atoms with Crippen molar-refractivity contribution in [2.45, 2.75) is 13.0 Å². The maximum Gasteiger partial charge on any atom is 0.123 e. The van der Waals surface area contributed by atoms with E-state index in [1.54, 1.807) is 0 Å². The summed E-state index contributed by atoms with van der Waals surface area (Å²) in [5.74, 6) is 1.90. The summed E-state index contributed by atoms with van der Waals surface area (Å²) in [7, 11) is 0. The summed E-state index contributed by atoms with van der Waals surface area (Å²) in [4.78, 5) is 0. The lowest BCUT2D eigenvalue weighted by Crippen LogP contribution is -1.97. The first-order chi connectivity index (χ1) is 7.88. The Morgan fingerprint density at radius 2 is 1.81 bits per heavy atom. The third-order valence-electron chi connectivity index (χ3n) is 2.30. The highest BCUT2D eigenvalue weighted by atomic mass is 16.3. The van der Waals surface area contributed by atoms with Crippen LogP contribution in [0.4, 0.5) is 5.69 Å². The molecule has 0 atom stereocenters. The molecule has 0 saturated heterocycles. The lowest BCUT2D eigenvalue weighted by molar-refractivity contribution is 0.481. The molecule has 2 aromatic rings. The molecule has 0 aliphatic carbocycles. The van der Waals surface area contributed by atoms with E-state index in [9.17, 15) is 0 Å². The van der Waals surface area contributed by atoms with Crippen LogP contribution in [-0.2, 0) is 13.0 Å². The second-order valence-corrected chi connectivity index (χ2v) is 3.58. The van der Waals surface area contributed by atoms with Crippen molar-refractivity contribution >= 4 is 5.69 Å². The molecule has 82 valence electrons. The zero-order valence-electron chi connectivity index (χ0n) is 9.15. The van der Waals surface area contributed by atoms with E-state index in [2.05, 4.69) is 11.9 Å². The quantitative estimate of drug-likeness (QED) is 0.767.